The predicted octanol–water partition coefficient (Wildman–Crippen LogP) is 2.31. The van der Waals surface area contributed by atoms with E-state index in [1.54, 1.807) is 6.20 Å². The summed E-state index contributed by atoms with van der Waals surface area (Å²) in [6.45, 7) is 0.327. The molecule has 0 aliphatic heterocycles. The molecule has 2 aromatic heterocycles. The monoisotopic (exact) mass is 276 g/mol. The van der Waals surface area contributed by atoms with Crippen molar-refractivity contribution >= 4 is 5.78 Å². The van der Waals surface area contributed by atoms with Gasteiger partial charge < -0.3 is 0 Å². The summed E-state index contributed by atoms with van der Waals surface area (Å²) in [6.07, 6.45) is 7.01. The van der Waals surface area contributed by atoms with Crippen LogP contribution in [0.15, 0.2) is 73.4 Å². The van der Waals surface area contributed by atoms with Crippen LogP contribution in [0, 0.1) is 0 Å². The van der Waals surface area contributed by atoms with Crippen molar-refractivity contribution in [1.82, 2.24) is 9.97 Å². The molecule has 0 saturated heterocycles. The molecular weight excluding hydrogens is 262 g/mol. The Kier molecular flexibility index (Phi) is 3.78. The molecule has 0 aliphatic rings. The zero-order valence-electron chi connectivity index (χ0n) is 11.4. The number of Topliss-reactive ketones (excluding diaryl/α,β-unsaturated/α-hetero) is 1. The van der Waals surface area contributed by atoms with E-state index in [-0.39, 0.29) is 5.78 Å². The van der Waals surface area contributed by atoms with Crippen LogP contribution in [-0.2, 0) is 6.54 Å². The molecule has 0 bridgehead atoms. The van der Waals surface area contributed by atoms with Gasteiger partial charge in [0.1, 0.15) is 6.33 Å². The summed E-state index contributed by atoms with van der Waals surface area (Å²) in [5, 5.41) is 0. The standard InChI is InChI=1S/C17H14N3O/c21-17(15-4-2-1-3-5-15)12-20-10-7-14(8-11-20)16-6-9-18-13-19-16/h1-11,13H,12H2/q+1. The fourth-order valence-electron chi connectivity index (χ4n) is 2.08. The number of carbonyl (C=O) groups excluding carboxylic acids is 1. The van der Waals surface area contributed by atoms with E-state index < -0.39 is 0 Å². The molecule has 3 aromatic rings. The Labute approximate surface area is 122 Å². The lowest BCUT2D eigenvalue weighted by Crippen LogP contribution is -2.37. The summed E-state index contributed by atoms with van der Waals surface area (Å²) in [4.78, 5) is 20.2. The second-order valence-corrected chi connectivity index (χ2v) is 4.64. The van der Waals surface area contributed by atoms with E-state index in [4.69, 9.17) is 0 Å². The number of hydrogen-bond donors (Lipinski definition) is 0. The molecule has 0 aliphatic carbocycles. The van der Waals surface area contributed by atoms with Crippen molar-refractivity contribution in [3.05, 3.63) is 79.0 Å². The quantitative estimate of drug-likeness (QED) is 0.542. The second kappa shape index (κ2) is 6.05. The van der Waals surface area contributed by atoms with Crippen LogP contribution in [0.4, 0.5) is 0 Å². The SMILES string of the molecule is O=C(C[n+]1ccc(-c2ccncn2)cc1)c1ccccc1. The lowest BCUT2D eigenvalue weighted by molar-refractivity contribution is -0.683. The molecule has 102 valence electrons. The summed E-state index contributed by atoms with van der Waals surface area (Å²) < 4.78 is 1.86. The highest BCUT2D eigenvalue weighted by Crippen LogP contribution is 2.12. The molecule has 1 aromatic carbocycles. The van der Waals surface area contributed by atoms with Gasteiger partial charge in [-0.1, -0.05) is 30.3 Å². The van der Waals surface area contributed by atoms with E-state index in [1.807, 2.05) is 65.5 Å². The third kappa shape index (κ3) is 3.17. The first kappa shape index (κ1) is 13.1. The highest BCUT2D eigenvalue weighted by molar-refractivity contribution is 5.94. The van der Waals surface area contributed by atoms with Crippen molar-refractivity contribution in [2.45, 2.75) is 6.54 Å². The molecule has 0 radical (unpaired) electrons. The van der Waals surface area contributed by atoms with Crippen molar-refractivity contribution in [1.29, 1.82) is 0 Å². The van der Waals surface area contributed by atoms with Crippen LogP contribution in [0.2, 0.25) is 0 Å². The van der Waals surface area contributed by atoms with Gasteiger partial charge in [-0.2, -0.15) is 4.57 Å². The maximum atomic E-state index is 12.1. The van der Waals surface area contributed by atoms with Gasteiger partial charge in [-0.3, -0.25) is 4.79 Å². The molecule has 0 amide bonds. The minimum absolute atomic E-state index is 0.0930. The number of rotatable bonds is 4. The molecular formula is C17H14N3O+. The fraction of sp³-hybridized carbons (Fsp3) is 0.0588. The zero-order valence-corrected chi connectivity index (χ0v) is 11.4. The third-order valence-corrected chi connectivity index (χ3v) is 3.19. The van der Waals surface area contributed by atoms with Gasteiger partial charge in [0.15, 0.2) is 12.4 Å². The van der Waals surface area contributed by atoms with E-state index >= 15 is 0 Å². The van der Waals surface area contributed by atoms with E-state index in [0.717, 1.165) is 16.8 Å². The molecule has 0 unspecified atom stereocenters. The van der Waals surface area contributed by atoms with Crippen LogP contribution in [0.3, 0.4) is 0 Å². The Balaban J connectivity index is 1.75. The minimum Gasteiger partial charge on any atom is -0.287 e. The zero-order chi connectivity index (χ0) is 14.5. The first-order valence-corrected chi connectivity index (χ1v) is 6.67. The molecule has 4 nitrogen and oxygen atoms in total. The van der Waals surface area contributed by atoms with Gasteiger partial charge in [-0.15, -0.1) is 0 Å². The number of hydrogen-bond acceptors (Lipinski definition) is 3. The van der Waals surface area contributed by atoms with Gasteiger partial charge in [0.2, 0.25) is 12.3 Å². The van der Waals surface area contributed by atoms with E-state index in [0.29, 0.717) is 6.54 Å². The Morgan fingerprint density at radius 3 is 2.43 bits per heavy atom. The van der Waals surface area contributed by atoms with Crippen LogP contribution in [0.5, 0.6) is 0 Å². The molecule has 3 rings (SSSR count). The highest BCUT2D eigenvalue weighted by atomic mass is 16.1. The van der Waals surface area contributed by atoms with Crippen molar-refractivity contribution in [3.63, 3.8) is 0 Å². The van der Waals surface area contributed by atoms with Crippen molar-refractivity contribution in [2.75, 3.05) is 0 Å². The van der Waals surface area contributed by atoms with Gasteiger partial charge in [-0.05, 0) is 6.07 Å². The number of nitrogens with zero attached hydrogens (tertiary/aromatic N) is 3. The van der Waals surface area contributed by atoms with E-state index in [9.17, 15) is 4.79 Å². The fourth-order valence-corrected chi connectivity index (χ4v) is 2.08. The van der Waals surface area contributed by atoms with Gasteiger partial charge >= 0.3 is 0 Å². The maximum absolute atomic E-state index is 12.1. The first-order valence-electron chi connectivity index (χ1n) is 6.67. The number of ketones is 1. The highest BCUT2D eigenvalue weighted by Gasteiger charge is 2.11. The summed E-state index contributed by atoms with van der Waals surface area (Å²) in [6, 6.07) is 15.1. The van der Waals surface area contributed by atoms with Crippen molar-refractivity contribution < 1.29 is 9.36 Å². The summed E-state index contributed by atoms with van der Waals surface area (Å²) in [7, 11) is 0. The van der Waals surface area contributed by atoms with Crippen LogP contribution in [-0.4, -0.2) is 15.8 Å². The first-order chi connectivity index (χ1) is 10.3. The lowest BCUT2D eigenvalue weighted by atomic mass is 10.1. The molecule has 0 atom stereocenters. The molecule has 21 heavy (non-hydrogen) atoms. The van der Waals surface area contributed by atoms with E-state index in [2.05, 4.69) is 9.97 Å². The van der Waals surface area contributed by atoms with E-state index in [1.165, 1.54) is 6.33 Å². The van der Waals surface area contributed by atoms with Crippen LogP contribution >= 0.6 is 0 Å². The number of aromatic nitrogens is 3. The Bertz CT molecular complexity index is 725. The van der Waals surface area contributed by atoms with Gasteiger partial charge in [0, 0.05) is 29.5 Å². The number of benzene rings is 1. The lowest BCUT2D eigenvalue weighted by Gasteiger charge is -2.00. The predicted molar refractivity (Wildman–Crippen MR) is 78.4 cm³/mol. The molecule has 2 heterocycles. The van der Waals surface area contributed by atoms with Crippen LogP contribution in [0.25, 0.3) is 11.3 Å². The molecule has 0 spiro atoms. The Hall–Kier alpha value is -2.88. The third-order valence-electron chi connectivity index (χ3n) is 3.19. The molecule has 0 fully saturated rings. The maximum Gasteiger partial charge on any atom is 0.227 e. The molecule has 0 N–H and O–H groups in total. The average Bonchev–Trinajstić information content (AvgIpc) is 2.57. The van der Waals surface area contributed by atoms with Crippen molar-refractivity contribution in [3.8, 4) is 11.3 Å². The Morgan fingerprint density at radius 2 is 1.76 bits per heavy atom. The van der Waals surface area contributed by atoms with Gasteiger partial charge in [0.05, 0.1) is 5.69 Å². The Morgan fingerprint density at radius 1 is 1.00 bits per heavy atom. The molecule has 0 saturated carbocycles. The minimum atomic E-state index is 0.0930. The second-order valence-electron chi connectivity index (χ2n) is 4.64. The summed E-state index contributed by atoms with van der Waals surface area (Å²) in [5.41, 5.74) is 2.59. The normalized spacial score (nSPS) is 10.3. The van der Waals surface area contributed by atoms with Crippen LogP contribution in [0.1, 0.15) is 10.4 Å². The number of carbonyl (C=O) groups is 1. The molecule has 4 heteroatoms. The summed E-state index contributed by atoms with van der Waals surface area (Å²) >= 11 is 0. The summed E-state index contributed by atoms with van der Waals surface area (Å²) in [5.74, 6) is 0.0930. The average molecular weight is 276 g/mol. The number of pyridine rings is 1. The van der Waals surface area contributed by atoms with Crippen LogP contribution < -0.4 is 4.57 Å². The van der Waals surface area contributed by atoms with Gasteiger partial charge in [0.25, 0.3) is 0 Å². The topological polar surface area (TPSA) is 46.7 Å². The van der Waals surface area contributed by atoms with Crippen molar-refractivity contribution in [2.24, 2.45) is 0 Å². The smallest absolute Gasteiger partial charge is 0.227 e. The van der Waals surface area contributed by atoms with Gasteiger partial charge in [-0.25, -0.2) is 9.97 Å². The largest absolute Gasteiger partial charge is 0.287 e.